The second-order valence-corrected chi connectivity index (χ2v) is 2.78. The number of rotatable bonds is 6. The molecule has 84 valence electrons. The van der Waals surface area contributed by atoms with Crippen LogP contribution in [-0.4, -0.2) is 20.5 Å². The first-order chi connectivity index (χ1) is 7.22. The van der Waals surface area contributed by atoms with Crippen LogP contribution >= 0.6 is 0 Å². The summed E-state index contributed by atoms with van der Waals surface area (Å²) in [7, 11) is 1.51. The van der Waals surface area contributed by atoms with E-state index in [4.69, 9.17) is 4.74 Å². The molecule has 0 fully saturated rings. The van der Waals surface area contributed by atoms with E-state index in [1.807, 2.05) is 0 Å². The number of benzene rings is 1. The molecule has 0 aliphatic carbocycles. The van der Waals surface area contributed by atoms with Crippen molar-refractivity contribution in [3.05, 3.63) is 29.8 Å². The van der Waals surface area contributed by atoms with Gasteiger partial charge in [-0.05, 0) is 17.7 Å². The molecule has 0 bridgehead atoms. The smallest absolute Gasteiger partial charge is 0.387 e. The Balaban J connectivity index is 2.50. The van der Waals surface area contributed by atoms with Gasteiger partial charge in [0.2, 0.25) is 0 Å². The number of hydrogen-bond acceptors (Lipinski definition) is 3. The van der Waals surface area contributed by atoms with Gasteiger partial charge < -0.3 is 14.2 Å². The molecule has 0 aliphatic rings. The summed E-state index contributed by atoms with van der Waals surface area (Å²) < 4.78 is 37.8. The molecule has 0 saturated heterocycles. The van der Waals surface area contributed by atoms with Crippen LogP contribution in [0.15, 0.2) is 24.3 Å². The third-order valence-electron chi connectivity index (χ3n) is 1.59. The highest BCUT2D eigenvalue weighted by atomic mass is 19.3. The maximum atomic E-state index is 11.9. The molecule has 1 aromatic carbocycles. The van der Waals surface area contributed by atoms with Crippen molar-refractivity contribution in [1.29, 1.82) is 0 Å². The summed E-state index contributed by atoms with van der Waals surface area (Å²) in [5, 5.41) is 0. The first-order valence-corrected chi connectivity index (χ1v) is 4.33. The number of methoxy groups -OCH3 is 1. The van der Waals surface area contributed by atoms with Crippen LogP contribution < -0.4 is 4.74 Å². The number of halogens is 2. The Morgan fingerprint density at radius 2 is 2.13 bits per heavy atom. The summed E-state index contributed by atoms with van der Waals surface area (Å²) in [4.78, 5) is 0. The minimum Gasteiger partial charge on any atom is -0.435 e. The summed E-state index contributed by atoms with van der Waals surface area (Å²) in [6.45, 7) is -2.34. The van der Waals surface area contributed by atoms with Crippen LogP contribution in [0.3, 0.4) is 0 Å². The second-order valence-electron chi connectivity index (χ2n) is 2.78. The van der Waals surface area contributed by atoms with E-state index >= 15 is 0 Å². The Morgan fingerprint density at radius 3 is 2.80 bits per heavy atom. The Morgan fingerprint density at radius 1 is 1.33 bits per heavy atom. The molecule has 0 heterocycles. The minimum atomic E-state index is -2.81. The fraction of sp³-hybridized carbons (Fsp3) is 0.400. The van der Waals surface area contributed by atoms with Gasteiger partial charge in [-0.3, -0.25) is 0 Å². The van der Waals surface area contributed by atoms with Crippen LogP contribution in [0.1, 0.15) is 5.56 Å². The second kappa shape index (κ2) is 6.31. The Bertz CT molecular complexity index is 292. The highest BCUT2D eigenvalue weighted by Gasteiger charge is 2.04. The molecular formula is C10H12F2O3. The summed E-state index contributed by atoms with van der Waals surface area (Å²) in [5.41, 5.74) is 0.755. The number of hydrogen-bond donors (Lipinski definition) is 0. The van der Waals surface area contributed by atoms with Crippen molar-refractivity contribution in [2.75, 3.05) is 13.9 Å². The van der Waals surface area contributed by atoms with E-state index in [1.54, 1.807) is 12.1 Å². The lowest BCUT2D eigenvalue weighted by atomic mass is 10.2. The van der Waals surface area contributed by atoms with Crippen LogP contribution in [-0.2, 0) is 16.1 Å². The molecule has 3 nitrogen and oxygen atoms in total. The van der Waals surface area contributed by atoms with Crippen molar-refractivity contribution >= 4 is 0 Å². The fourth-order valence-electron chi connectivity index (χ4n) is 1.05. The summed E-state index contributed by atoms with van der Waals surface area (Å²) in [6, 6.07) is 6.35. The van der Waals surface area contributed by atoms with Gasteiger partial charge in [0.15, 0.2) is 0 Å². The monoisotopic (exact) mass is 218 g/mol. The van der Waals surface area contributed by atoms with Gasteiger partial charge in [0.25, 0.3) is 0 Å². The lowest BCUT2D eigenvalue weighted by Gasteiger charge is -2.07. The van der Waals surface area contributed by atoms with Gasteiger partial charge in [-0.15, -0.1) is 0 Å². The molecule has 0 N–H and O–H groups in total. The summed E-state index contributed by atoms with van der Waals surface area (Å²) >= 11 is 0. The summed E-state index contributed by atoms with van der Waals surface area (Å²) in [6.07, 6.45) is 0. The highest BCUT2D eigenvalue weighted by Crippen LogP contribution is 2.16. The molecule has 0 saturated carbocycles. The van der Waals surface area contributed by atoms with Crippen LogP contribution in [0.25, 0.3) is 0 Å². The van der Waals surface area contributed by atoms with E-state index in [9.17, 15) is 8.78 Å². The third kappa shape index (κ3) is 4.71. The van der Waals surface area contributed by atoms with Crippen LogP contribution in [0.4, 0.5) is 8.78 Å². The first-order valence-electron chi connectivity index (χ1n) is 4.33. The average Bonchev–Trinajstić information content (AvgIpc) is 2.18. The lowest BCUT2D eigenvalue weighted by Crippen LogP contribution is -2.02. The maximum Gasteiger partial charge on any atom is 0.387 e. The average molecular weight is 218 g/mol. The van der Waals surface area contributed by atoms with Gasteiger partial charge in [-0.25, -0.2) is 0 Å². The number of alkyl halides is 2. The molecule has 1 aromatic rings. The zero-order valence-corrected chi connectivity index (χ0v) is 8.28. The first kappa shape index (κ1) is 11.9. The predicted molar refractivity (Wildman–Crippen MR) is 49.7 cm³/mol. The summed E-state index contributed by atoms with van der Waals surface area (Å²) in [5.74, 6) is 0.128. The molecule has 1 rings (SSSR count). The van der Waals surface area contributed by atoms with E-state index in [0.29, 0.717) is 6.61 Å². The molecule has 0 atom stereocenters. The number of ether oxygens (including phenoxy) is 3. The Hall–Kier alpha value is -1.20. The van der Waals surface area contributed by atoms with E-state index in [0.717, 1.165) is 5.56 Å². The van der Waals surface area contributed by atoms with Crippen LogP contribution in [0.2, 0.25) is 0 Å². The van der Waals surface area contributed by atoms with Crippen molar-refractivity contribution in [2.45, 2.75) is 13.2 Å². The van der Waals surface area contributed by atoms with Crippen molar-refractivity contribution in [1.82, 2.24) is 0 Å². The quantitative estimate of drug-likeness (QED) is 0.542. The van der Waals surface area contributed by atoms with E-state index in [2.05, 4.69) is 9.47 Å². The molecule has 0 amide bonds. The van der Waals surface area contributed by atoms with E-state index in [1.165, 1.54) is 19.2 Å². The van der Waals surface area contributed by atoms with Gasteiger partial charge in [0.05, 0.1) is 6.61 Å². The fourth-order valence-corrected chi connectivity index (χ4v) is 1.05. The third-order valence-corrected chi connectivity index (χ3v) is 1.59. The van der Waals surface area contributed by atoms with Crippen LogP contribution in [0, 0.1) is 0 Å². The highest BCUT2D eigenvalue weighted by molar-refractivity contribution is 5.28. The van der Waals surface area contributed by atoms with E-state index in [-0.39, 0.29) is 12.5 Å². The SMILES string of the molecule is COCOCc1cccc(OC(F)F)c1. The van der Waals surface area contributed by atoms with E-state index < -0.39 is 6.61 Å². The molecule has 5 heteroatoms. The van der Waals surface area contributed by atoms with Crippen molar-refractivity contribution in [3.63, 3.8) is 0 Å². The van der Waals surface area contributed by atoms with Crippen molar-refractivity contribution in [3.8, 4) is 5.75 Å². The van der Waals surface area contributed by atoms with Gasteiger partial charge in [-0.1, -0.05) is 12.1 Å². The Labute approximate surface area is 86.6 Å². The van der Waals surface area contributed by atoms with Crippen molar-refractivity contribution < 1.29 is 23.0 Å². The topological polar surface area (TPSA) is 27.7 Å². The van der Waals surface area contributed by atoms with Crippen LogP contribution in [0.5, 0.6) is 5.75 Å². The van der Waals surface area contributed by atoms with Gasteiger partial charge in [0.1, 0.15) is 12.5 Å². The molecular weight excluding hydrogens is 206 g/mol. The zero-order chi connectivity index (χ0) is 11.1. The van der Waals surface area contributed by atoms with Gasteiger partial charge in [-0.2, -0.15) is 8.78 Å². The predicted octanol–water partition coefficient (Wildman–Crippen LogP) is 2.41. The molecule has 0 aromatic heterocycles. The van der Waals surface area contributed by atoms with Gasteiger partial charge >= 0.3 is 6.61 Å². The molecule has 0 unspecified atom stereocenters. The van der Waals surface area contributed by atoms with Gasteiger partial charge in [0, 0.05) is 7.11 Å². The molecule has 0 spiro atoms. The molecule has 15 heavy (non-hydrogen) atoms. The maximum absolute atomic E-state index is 11.9. The normalized spacial score (nSPS) is 10.7. The lowest BCUT2D eigenvalue weighted by molar-refractivity contribution is -0.0507. The molecule has 0 radical (unpaired) electrons. The van der Waals surface area contributed by atoms with Crippen molar-refractivity contribution in [2.24, 2.45) is 0 Å². The standard InChI is InChI=1S/C10H12F2O3/c1-13-7-14-6-8-3-2-4-9(5-8)15-10(11)12/h2-5,10H,6-7H2,1H3. The Kier molecular flexibility index (Phi) is 5.00. The zero-order valence-electron chi connectivity index (χ0n) is 8.28. The molecule has 0 aliphatic heterocycles. The minimum absolute atomic E-state index is 0.128. The largest absolute Gasteiger partial charge is 0.435 e.